The summed E-state index contributed by atoms with van der Waals surface area (Å²) in [5, 5.41) is 2.80. The van der Waals surface area contributed by atoms with Crippen LogP contribution in [0.5, 0.6) is 0 Å². The van der Waals surface area contributed by atoms with Crippen molar-refractivity contribution in [2.75, 3.05) is 5.32 Å². The Labute approximate surface area is 121 Å². The van der Waals surface area contributed by atoms with Crippen LogP contribution in [0.15, 0.2) is 29.1 Å². The average Bonchev–Trinajstić information content (AvgIpc) is 2.32. The van der Waals surface area contributed by atoms with Crippen molar-refractivity contribution in [3.05, 3.63) is 45.0 Å². The van der Waals surface area contributed by atoms with Crippen molar-refractivity contribution < 1.29 is 4.79 Å². The van der Waals surface area contributed by atoms with Crippen LogP contribution in [0.3, 0.4) is 0 Å². The molecule has 0 aliphatic heterocycles. The molecule has 92 valence electrons. The van der Waals surface area contributed by atoms with Gasteiger partial charge >= 0.3 is 0 Å². The van der Waals surface area contributed by atoms with Crippen molar-refractivity contribution >= 4 is 50.9 Å². The Hall–Kier alpha value is -1.24. The number of aromatic nitrogens is 3. The second kappa shape index (κ2) is 5.60. The molecule has 18 heavy (non-hydrogen) atoms. The highest BCUT2D eigenvalue weighted by molar-refractivity contribution is 9.10. The molecule has 2 aromatic heterocycles. The maximum atomic E-state index is 11.9. The van der Waals surface area contributed by atoms with E-state index in [1.807, 2.05) is 0 Å². The Morgan fingerprint density at radius 1 is 1.22 bits per heavy atom. The molecule has 0 atom stereocenters. The number of anilines is 1. The summed E-state index contributed by atoms with van der Waals surface area (Å²) in [5.74, 6) is -0.116. The topological polar surface area (TPSA) is 67.8 Å². The summed E-state index contributed by atoms with van der Waals surface area (Å²) in [6.45, 7) is 0. The number of nitrogens with one attached hydrogen (secondary N) is 1. The number of nitrogens with zero attached hydrogens (tertiary/aromatic N) is 3. The Bertz CT molecular complexity index is 591. The Morgan fingerprint density at radius 2 is 2.00 bits per heavy atom. The van der Waals surface area contributed by atoms with E-state index < -0.39 is 5.91 Å². The molecule has 5 nitrogen and oxygen atoms in total. The van der Waals surface area contributed by atoms with E-state index >= 15 is 0 Å². The molecule has 0 aliphatic rings. The SMILES string of the molecule is O=C(Nc1cnc(Br)cn1)c1ccc(Cl)nc1Cl. The highest BCUT2D eigenvalue weighted by atomic mass is 79.9. The molecular weight excluding hydrogens is 343 g/mol. The average molecular weight is 348 g/mol. The molecule has 0 aliphatic carbocycles. The highest BCUT2D eigenvalue weighted by Gasteiger charge is 2.12. The number of hydrogen-bond donors (Lipinski definition) is 1. The van der Waals surface area contributed by atoms with Gasteiger partial charge in [0.25, 0.3) is 5.91 Å². The molecule has 1 N–H and O–H groups in total. The smallest absolute Gasteiger partial charge is 0.259 e. The monoisotopic (exact) mass is 346 g/mol. The lowest BCUT2D eigenvalue weighted by molar-refractivity contribution is 0.102. The van der Waals surface area contributed by atoms with Gasteiger partial charge in [-0.2, -0.15) is 0 Å². The zero-order valence-electron chi connectivity index (χ0n) is 8.69. The Morgan fingerprint density at radius 3 is 2.61 bits per heavy atom. The minimum absolute atomic E-state index is 0.0325. The minimum Gasteiger partial charge on any atom is -0.305 e. The van der Waals surface area contributed by atoms with Crippen molar-refractivity contribution in [2.24, 2.45) is 0 Å². The Kier molecular flexibility index (Phi) is 4.11. The lowest BCUT2D eigenvalue weighted by atomic mass is 10.2. The van der Waals surface area contributed by atoms with E-state index in [2.05, 4.69) is 36.2 Å². The number of amides is 1. The van der Waals surface area contributed by atoms with E-state index in [1.165, 1.54) is 24.5 Å². The van der Waals surface area contributed by atoms with E-state index in [9.17, 15) is 4.79 Å². The zero-order chi connectivity index (χ0) is 13.1. The first kappa shape index (κ1) is 13.2. The standard InChI is InChI=1S/C10H5BrCl2N4O/c11-6-3-15-8(4-14-6)17-10(18)5-1-2-7(12)16-9(5)13/h1-4H,(H,15,17,18). The molecule has 8 heteroatoms. The van der Waals surface area contributed by atoms with Gasteiger partial charge in [0.1, 0.15) is 14.9 Å². The molecule has 1 amide bonds. The molecule has 2 rings (SSSR count). The van der Waals surface area contributed by atoms with Crippen molar-refractivity contribution in [3.63, 3.8) is 0 Å². The van der Waals surface area contributed by atoms with Crippen LogP contribution < -0.4 is 5.32 Å². The van der Waals surface area contributed by atoms with Gasteiger partial charge < -0.3 is 5.32 Å². The van der Waals surface area contributed by atoms with Gasteiger partial charge in [-0.05, 0) is 28.1 Å². The van der Waals surface area contributed by atoms with Crippen LogP contribution in [0, 0.1) is 0 Å². The fourth-order valence-electron chi connectivity index (χ4n) is 1.14. The van der Waals surface area contributed by atoms with E-state index in [0.717, 1.165) is 0 Å². The van der Waals surface area contributed by atoms with E-state index in [-0.39, 0.29) is 15.9 Å². The fraction of sp³-hybridized carbons (Fsp3) is 0. The fourth-order valence-corrected chi connectivity index (χ4v) is 1.78. The van der Waals surface area contributed by atoms with Crippen LogP contribution in [0.2, 0.25) is 10.3 Å². The predicted molar refractivity (Wildman–Crippen MR) is 71.9 cm³/mol. The second-order valence-electron chi connectivity index (χ2n) is 3.15. The summed E-state index contributed by atoms with van der Waals surface area (Å²) in [6, 6.07) is 2.97. The number of rotatable bonds is 2. The van der Waals surface area contributed by atoms with Crippen LogP contribution in [0.1, 0.15) is 10.4 Å². The third-order valence-corrected chi connectivity index (χ3v) is 2.83. The van der Waals surface area contributed by atoms with Gasteiger partial charge in [0.2, 0.25) is 0 Å². The van der Waals surface area contributed by atoms with Gasteiger partial charge in [-0.25, -0.2) is 15.0 Å². The van der Waals surface area contributed by atoms with Crippen LogP contribution >= 0.6 is 39.1 Å². The summed E-state index contributed by atoms with van der Waals surface area (Å²) in [7, 11) is 0. The first-order valence-corrected chi connectivity index (χ1v) is 6.22. The largest absolute Gasteiger partial charge is 0.305 e. The van der Waals surface area contributed by atoms with Crippen molar-refractivity contribution in [1.82, 2.24) is 15.0 Å². The summed E-state index contributed by atoms with van der Waals surface area (Å²) < 4.78 is 0.576. The summed E-state index contributed by atoms with van der Waals surface area (Å²) in [6.07, 6.45) is 2.89. The molecule has 0 saturated carbocycles. The molecule has 0 saturated heterocycles. The maximum absolute atomic E-state index is 11.9. The van der Waals surface area contributed by atoms with E-state index in [1.54, 1.807) is 0 Å². The van der Waals surface area contributed by atoms with E-state index in [0.29, 0.717) is 10.4 Å². The van der Waals surface area contributed by atoms with Crippen LogP contribution in [-0.4, -0.2) is 20.9 Å². The van der Waals surface area contributed by atoms with Crippen LogP contribution in [-0.2, 0) is 0 Å². The van der Waals surface area contributed by atoms with Crippen molar-refractivity contribution in [2.45, 2.75) is 0 Å². The summed E-state index contributed by atoms with van der Waals surface area (Å²) in [4.78, 5) is 23.5. The quantitative estimate of drug-likeness (QED) is 0.847. The summed E-state index contributed by atoms with van der Waals surface area (Å²) >= 11 is 14.6. The lowest BCUT2D eigenvalue weighted by Gasteiger charge is -2.05. The molecule has 2 heterocycles. The number of pyridine rings is 1. The minimum atomic E-state index is -0.430. The van der Waals surface area contributed by atoms with Crippen molar-refractivity contribution in [1.29, 1.82) is 0 Å². The van der Waals surface area contributed by atoms with Gasteiger partial charge in [-0.15, -0.1) is 0 Å². The molecule has 0 aromatic carbocycles. The zero-order valence-corrected chi connectivity index (χ0v) is 11.8. The first-order valence-electron chi connectivity index (χ1n) is 4.67. The van der Waals surface area contributed by atoms with Crippen LogP contribution in [0.4, 0.5) is 5.82 Å². The number of hydrogen-bond acceptors (Lipinski definition) is 4. The van der Waals surface area contributed by atoms with Crippen LogP contribution in [0.25, 0.3) is 0 Å². The molecule has 0 radical (unpaired) electrons. The second-order valence-corrected chi connectivity index (χ2v) is 4.71. The molecule has 2 aromatic rings. The van der Waals surface area contributed by atoms with Crippen molar-refractivity contribution in [3.8, 4) is 0 Å². The van der Waals surface area contributed by atoms with E-state index in [4.69, 9.17) is 23.2 Å². The third kappa shape index (κ3) is 3.16. The van der Waals surface area contributed by atoms with Gasteiger partial charge in [0.05, 0.1) is 18.0 Å². The molecular formula is C10H5BrCl2N4O. The molecule has 0 unspecified atom stereocenters. The first-order chi connectivity index (χ1) is 8.56. The maximum Gasteiger partial charge on any atom is 0.259 e. The number of halogens is 3. The number of carbonyl (C=O) groups excluding carboxylic acids is 1. The molecule has 0 bridgehead atoms. The number of carbonyl (C=O) groups is 1. The van der Waals surface area contributed by atoms with Gasteiger partial charge in [0, 0.05) is 0 Å². The summed E-state index contributed by atoms with van der Waals surface area (Å²) in [5.41, 5.74) is 0.214. The normalized spacial score (nSPS) is 10.2. The predicted octanol–water partition coefficient (Wildman–Crippen LogP) is 3.19. The van der Waals surface area contributed by atoms with Gasteiger partial charge in [-0.1, -0.05) is 23.2 Å². The molecule has 0 spiro atoms. The van der Waals surface area contributed by atoms with Gasteiger partial charge in [-0.3, -0.25) is 4.79 Å². The third-order valence-electron chi connectivity index (χ3n) is 1.92. The Balaban J connectivity index is 2.19. The lowest BCUT2D eigenvalue weighted by Crippen LogP contribution is -2.14. The highest BCUT2D eigenvalue weighted by Crippen LogP contribution is 2.17. The molecule has 0 fully saturated rings. The van der Waals surface area contributed by atoms with Gasteiger partial charge in [0.15, 0.2) is 5.82 Å².